The highest BCUT2D eigenvalue weighted by atomic mass is 16.3. The van der Waals surface area contributed by atoms with Gasteiger partial charge in [-0.2, -0.15) is 0 Å². The van der Waals surface area contributed by atoms with Crippen molar-refractivity contribution in [3.63, 3.8) is 0 Å². The van der Waals surface area contributed by atoms with Gasteiger partial charge in [0, 0.05) is 32.2 Å². The van der Waals surface area contributed by atoms with Gasteiger partial charge in [0.2, 0.25) is 5.91 Å². The van der Waals surface area contributed by atoms with Gasteiger partial charge < -0.3 is 15.7 Å². The second-order valence-corrected chi connectivity index (χ2v) is 4.76. The fourth-order valence-corrected chi connectivity index (χ4v) is 1.54. The molecule has 1 atom stereocenters. The van der Waals surface area contributed by atoms with E-state index in [2.05, 4.69) is 10.6 Å². The Balaban J connectivity index is 1.85. The highest BCUT2D eigenvalue weighted by Gasteiger charge is 2.19. The van der Waals surface area contributed by atoms with Crippen molar-refractivity contribution in [1.29, 1.82) is 0 Å². The predicted octanol–water partition coefficient (Wildman–Crippen LogP) is 0.653. The predicted molar refractivity (Wildman–Crippen MR) is 64.1 cm³/mol. The summed E-state index contributed by atoms with van der Waals surface area (Å²) in [5, 5.41) is 15.0. The van der Waals surface area contributed by atoms with E-state index in [0.717, 1.165) is 25.9 Å². The van der Waals surface area contributed by atoms with Crippen molar-refractivity contribution in [2.24, 2.45) is 5.92 Å². The second-order valence-electron chi connectivity index (χ2n) is 4.76. The molecule has 0 radical (unpaired) electrons. The first-order chi connectivity index (χ1) is 7.72. The van der Waals surface area contributed by atoms with Crippen molar-refractivity contribution in [2.75, 3.05) is 19.7 Å². The Bertz CT molecular complexity index is 205. The zero-order chi connectivity index (χ0) is 11.8. The van der Waals surface area contributed by atoms with Crippen molar-refractivity contribution in [3.8, 4) is 0 Å². The summed E-state index contributed by atoms with van der Waals surface area (Å²) in [6.07, 6.45) is 5.02. The second kappa shape index (κ2) is 7.63. The highest BCUT2D eigenvalue weighted by molar-refractivity contribution is 5.75. The van der Waals surface area contributed by atoms with Gasteiger partial charge in [-0.05, 0) is 31.6 Å². The van der Waals surface area contributed by atoms with E-state index in [-0.39, 0.29) is 12.5 Å². The zero-order valence-electron chi connectivity index (χ0n) is 10.2. The lowest BCUT2D eigenvalue weighted by molar-refractivity contribution is -0.121. The Morgan fingerprint density at radius 3 is 2.81 bits per heavy atom. The lowest BCUT2D eigenvalue weighted by Crippen LogP contribution is -2.29. The zero-order valence-corrected chi connectivity index (χ0v) is 10.2. The molecule has 0 aromatic rings. The molecule has 4 heteroatoms. The fraction of sp³-hybridized carbons (Fsp3) is 0.917. The van der Waals surface area contributed by atoms with Crippen LogP contribution in [0, 0.1) is 5.92 Å². The summed E-state index contributed by atoms with van der Waals surface area (Å²) in [6.45, 7) is 3.77. The average Bonchev–Trinajstić information content (AvgIpc) is 3.08. The Labute approximate surface area is 97.8 Å². The Morgan fingerprint density at radius 2 is 2.19 bits per heavy atom. The van der Waals surface area contributed by atoms with Crippen molar-refractivity contribution in [2.45, 2.75) is 45.1 Å². The van der Waals surface area contributed by atoms with Gasteiger partial charge in [0.05, 0.1) is 0 Å². The van der Waals surface area contributed by atoms with Crippen LogP contribution >= 0.6 is 0 Å². The third-order valence-corrected chi connectivity index (χ3v) is 2.87. The molecule has 0 spiro atoms. The van der Waals surface area contributed by atoms with E-state index in [1.165, 1.54) is 12.8 Å². The molecule has 1 unspecified atom stereocenters. The lowest BCUT2D eigenvalue weighted by Gasteiger charge is -2.08. The molecule has 0 saturated heterocycles. The van der Waals surface area contributed by atoms with Gasteiger partial charge in [0.1, 0.15) is 0 Å². The largest absolute Gasteiger partial charge is 0.396 e. The standard InChI is InChI=1S/C12H24N2O2/c1-10(9-15)3-2-7-14-12(16)6-8-13-11-4-5-11/h10-11,13,15H,2-9H2,1H3,(H,14,16). The van der Waals surface area contributed by atoms with E-state index >= 15 is 0 Å². The van der Waals surface area contributed by atoms with Crippen LogP contribution < -0.4 is 10.6 Å². The van der Waals surface area contributed by atoms with Crippen LogP contribution in [0.2, 0.25) is 0 Å². The van der Waals surface area contributed by atoms with E-state index in [4.69, 9.17) is 5.11 Å². The maximum atomic E-state index is 11.4. The van der Waals surface area contributed by atoms with E-state index in [9.17, 15) is 4.79 Å². The molecular weight excluding hydrogens is 204 g/mol. The third kappa shape index (κ3) is 6.80. The van der Waals surface area contributed by atoms with E-state index in [1.54, 1.807) is 0 Å². The maximum absolute atomic E-state index is 11.4. The number of aliphatic hydroxyl groups excluding tert-OH is 1. The van der Waals surface area contributed by atoms with Gasteiger partial charge in [-0.25, -0.2) is 0 Å². The molecule has 0 aliphatic heterocycles. The monoisotopic (exact) mass is 228 g/mol. The van der Waals surface area contributed by atoms with Crippen molar-refractivity contribution in [3.05, 3.63) is 0 Å². The lowest BCUT2D eigenvalue weighted by atomic mass is 10.1. The van der Waals surface area contributed by atoms with Gasteiger partial charge >= 0.3 is 0 Å². The summed E-state index contributed by atoms with van der Waals surface area (Å²) < 4.78 is 0. The van der Waals surface area contributed by atoms with Gasteiger partial charge in [-0.1, -0.05) is 6.92 Å². The molecule has 1 fully saturated rings. The van der Waals surface area contributed by atoms with Crippen LogP contribution in [0.5, 0.6) is 0 Å². The SMILES string of the molecule is CC(CO)CCCNC(=O)CCNC1CC1. The number of hydrogen-bond acceptors (Lipinski definition) is 3. The number of rotatable bonds is 9. The normalized spacial score (nSPS) is 17.1. The number of hydrogen-bond donors (Lipinski definition) is 3. The minimum atomic E-state index is 0.129. The average molecular weight is 228 g/mol. The van der Waals surface area contributed by atoms with E-state index < -0.39 is 0 Å². The summed E-state index contributed by atoms with van der Waals surface area (Å²) in [5.74, 6) is 0.471. The molecule has 16 heavy (non-hydrogen) atoms. The molecule has 1 amide bonds. The maximum Gasteiger partial charge on any atom is 0.221 e. The number of amides is 1. The number of carbonyl (C=O) groups is 1. The van der Waals surface area contributed by atoms with Crippen LogP contribution in [0.4, 0.5) is 0 Å². The Morgan fingerprint density at radius 1 is 1.44 bits per heavy atom. The summed E-state index contributed by atoms with van der Waals surface area (Å²) in [4.78, 5) is 11.4. The molecule has 0 heterocycles. The number of carbonyl (C=O) groups excluding carboxylic acids is 1. The van der Waals surface area contributed by atoms with Crippen LogP contribution in [0.3, 0.4) is 0 Å². The molecule has 0 aromatic carbocycles. The Kier molecular flexibility index (Phi) is 6.42. The van der Waals surface area contributed by atoms with Crippen LogP contribution in [0.25, 0.3) is 0 Å². The first-order valence-corrected chi connectivity index (χ1v) is 6.33. The van der Waals surface area contributed by atoms with Gasteiger partial charge in [-0.15, -0.1) is 0 Å². The van der Waals surface area contributed by atoms with Crippen LogP contribution in [0.15, 0.2) is 0 Å². The highest BCUT2D eigenvalue weighted by Crippen LogP contribution is 2.18. The van der Waals surface area contributed by atoms with Gasteiger partial charge in [0.25, 0.3) is 0 Å². The Hall–Kier alpha value is -0.610. The van der Waals surface area contributed by atoms with Crippen LogP contribution in [0.1, 0.15) is 39.0 Å². The molecule has 1 aliphatic rings. The summed E-state index contributed by atoms with van der Waals surface area (Å²) in [5.41, 5.74) is 0. The minimum absolute atomic E-state index is 0.129. The van der Waals surface area contributed by atoms with Crippen molar-refractivity contribution >= 4 is 5.91 Å². The summed E-state index contributed by atoms with van der Waals surface area (Å²) in [7, 11) is 0. The van der Waals surface area contributed by atoms with Gasteiger partial charge in [0.15, 0.2) is 0 Å². The molecule has 94 valence electrons. The molecule has 0 bridgehead atoms. The van der Waals surface area contributed by atoms with Crippen LogP contribution in [-0.2, 0) is 4.79 Å². The molecule has 3 N–H and O–H groups in total. The van der Waals surface area contributed by atoms with E-state index in [1.807, 2.05) is 6.92 Å². The van der Waals surface area contributed by atoms with Gasteiger partial charge in [-0.3, -0.25) is 4.79 Å². The quantitative estimate of drug-likeness (QED) is 0.508. The topological polar surface area (TPSA) is 61.4 Å². The van der Waals surface area contributed by atoms with Crippen molar-refractivity contribution in [1.82, 2.24) is 10.6 Å². The van der Waals surface area contributed by atoms with Crippen molar-refractivity contribution < 1.29 is 9.90 Å². The summed E-state index contributed by atoms with van der Waals surface area (Å²) in [6, 6.07) is 0.679. The third-order valence-electron chi connectivity index (χ3n) is 2.87. The molecule has 4 nitrogen and oxygen atoms in total. The smallest absolute Gasteiger partial charge is 0.221 e. The molecule has 1 aliphatic carbocycles. The first-order valence-electron chi connectivity index (χ1n) is 6.33. The van der Waals surface area contributed by atoms with Crippen LogP contribution in [-0.4, -0.2) is 36.8 Å². The fourth-order valence-electron chi connectivity index (χ4n) is 1.54. The molecule has 1 rings (SSSR count). The number of aliphatic hydroxyl groups is 1. The molecule has 1 saturated carbocycles. The summed E-state index contributed by atoms with van der Waals surface area (Å²) >= 11 is 0. The minimum Gasteiger partial charge on any atom is -0.396 e. The number of nitrogens with one attached hydrogen (secondary N) is 2. The van der Waals surface area contributed by atoms with E-state index in [0.29, 0.717) is 18.4 Å². The molecular formula is C12H24N2O2. The first kappa shape index (κ1) is 13.5. The molecule has 0 aromatic heterocycles.